The maximum atomic E-state index is 11.1. The zero-order valence-corrected chi connectivity index (χ0v) is 11.6. The average molecular weight is 238 g/mol. The number of hydrogen-bond acceptors (Lipinski definition) is 2. The minimum atomic E-state index is -0.956. The fourth-order valence-electron chi connectivity index (χ4n) is 3.79. The van der Waals surface area contributed by atoms with Gasteiger partial charge in [-0.05, 0) is 51.4 Å². The zero-order valence-electron chi connectivity index (χ0n) is 11.6. The third-order valence-corrected chi connectivity index (χ3v) is 5.13. The molecule has 2 aliphatic carbocycles. The molecule has 0 amide bonds. The Kier molecular flexibility index (Phi) is 2.95. The van der Waals surface area contributed by atoms with Crippen LogP contribution in [-0.4, -0.2) is 21.4 Å². The monoisotopic (exact) mass is 238 g/mol. The summed E-state index contributed by atoms with van der Waals surface area (Å²) in [4.78, 5) is 0. The number of allylic oxidation sites excluding steroid dienone is 1. The van der Waals surface area contributed by atoms with E-state index in [9.17, 15) is 10.2 Å². The van der Waals surface area contributed by atoms with Crippen LogP contribution in [0.5, 0.6) is 0 Å². The van der Waals surface area contributed by atoms with Gasteiger partial charge in [-0.15, -0.1) is 0 Å². The Hall–Kier alpha value is -0.340. The van der Waals surface area contributed by atoms with Crippen molar-refractivity contribution in [3.63, 3.8) is 0 Å². The second-order valence-corrected chi connectivity index (χ2v) is 7.03. The molecule has 0 aromatic heterocycles. The van der Waals surface area contributed by atoms with Gasteiger partial charge in [-0.1, -0.05) is 25.5 Å². The van der Waals surface area contributed by atoms with Gasteiger partial charge in [0.1, 0.15) is 5.60 Å². The summed E-state index contributed by atoms with van der Waals surface area (Å²) in [6, 6.07) is 0. The van der Waals surface area contributed by atoms with E-state index in [1.807, 2.05) is 6.92 Å². The van der Waals surface area contributed by atoms with Crippen molar-refractivity contribution in [1.29, 1.82) is 0 Å². The third kappa shape index (κ3) is 1.96. The fraction of sp³-hybridized carbons (Fsp3) is 0.867. The van der Waals surface area contributed by atoms with Crippen LogP contribution in [0.1, 0.15) is 59.8 Å². The Morgan fingerprint density at radius 2 is 1.76 bits per heavy atom. The molecular formula is C15H26O2. The lowest BCUT2D eigenvalue weighted by Gasteiger charge is -2.51. The van der Waals surface area contributed by atoms with E-state index in [0.717, 1.165) is 19.3 Å². The first-order valence-electron chi connectivity index (χ1n) is 6.81. The molecular weight excluding hydrogens is 212 g/mol. The van der Waals surface area contributed by atoms with Gasteiger partial charge in [0.05, 0.1) is 5.60 Å². The maximum absolute atomic E-state index is 11.1. The Bertz CT molecular complexity index is 341. The number of rotatable bonds is 0. The molecule has 3 atom stereocenters. The standard InChI is InChI=1S/C15H26O2/c1-11-6-9-15(17)12(10-11)13(2,3)7-5-8-14(15,4)16/h10,12,16-17H,5-9H2,1-4H3/t12-,14-,15+/m1/s1. The molecule has 98 valence electrons. The number of fused-ring (bicyclic) bond motifs is 1. The molecule has 17 heavy (non-hydrogen) atoms. The first kappa shape index (κ1) is 13.1. The summed E-state index contributed by atoms with van der Waals surface area (Å²) >= 11 is 0. The Labute approximate surface area is 105 Å². The van der Waals surface area contributed by atoms with Crippen molar-refractivity contribution in [3.8, 4) is 0 Å². The minimum absolute atomic E-state index is 0.0664. The van der Waals surface area contributed by atoms with E-state index >= 15 is 0 Å². The number of hydrogen-bond donors (Lipinski definition) is 2. The normalized spacial score (nSPS) is 45.8. The highest BCUT2D eigenvalue weighted by molar-refractivity contribution is 5.21. The van der Waals surface area contributed by atoms with Crippen LogP contribution < -0.4 is 0 Å². The summed E-state index contributed by atoms with van der Waals surface area (Å²) in [6.07, 6.45) is 6.57. The second-order valence-electron chi connectivity index (χ2n) is 7.03. The quantitative estimate of drug-likeness (QED) is 0.637. The van der Waals surface area contributed by atoms with E-state index in [0.29, 0.717) is 12.8 Å². The molecule has 2 N–H and O–H groups in total. The largest absolute Gasteiger partial charge is 0.387 e. The molecule has 2 aliphatic rings. The minimum Gasteiger partial charge on any atom is -0.387 e. The van der Waals surface area contributed by atoms with E-state index in [2.05, 4.69) is 26.8 Å². The molecule has 1 fully saturated rings. The molecule has 0 aromatic rings. The van der Waals surface area contributed by atoms with Crippen molar-refractivity contribution in [2.24, 2.45) is 11.3 Å². The molecule has 0 aliphatic heterocycles. The van der Waals surface area contributed by atoms with Crippen LogP contribution in [0.4, 0.5) is 0 Å². The highest BCUT2D eigenvalue weighted by Crippen LogP contribution is 2.53. The third-order valence-electron chi connectivity index (χ3n) is 5.13. The Morgan fingerprint density at radius 1 is 1.12 bits per heavy atom. The molecule has 2 rings (SSSR count). The molecule has 2 heteroatoms. The van der Waals surface area contributed by atoms with Crippen molar-refractivity contribution < 1.29 is 10.2 Å². The van der Waals surface area contributed by atoms with E-state index in [1.165, 1.54) is 5.57 Å². The summed E-state index contributed by atoms with van der Waals surface area (Å²) in [5.41, 5.74) is -0.489. The molecule has 2 nitrogen and oxygen atoms in total. The van der Waals surface area contributed by atoms with Crippen LogP contribution in [0.3, 0.4) is 0 Å². The van der Waals surface area contributed by atoms with Crippen LogP contribution in [0.2, 0.25) is 0 Å². The highest BCUT2D eigenvalue weighted by Gasteiger charge is 2.56. The van der Waals surface area contributed by atoms with Gasteiger partial charge >= 0.3 is 0 Å². The SMILES string of the molecule is CC1=C[C@@H]2C(C)(C)CCC[C@@](C)(O)[C@]2(O)CC1. The van der Waals surface area contributed by atoms with Crippen LogP contribution in [0.25, 0.3) is 0 Å². The predicted octanol–water partition coefficient (Wildman–Crippen LogP) is 3.03. The maximum Gasteiger partial charge on any atom is 0.100 e. The van der Waals surface area contributed by atoms with Crippen molar-refractivity contribution in [1.82, 2.24) is 0 Å². The molecule has 0 bridgehead atoms. The van der Waals surface area contributed by atoms with Crippen molar-refractivity contribution in [3.05, 3.63) is 11.6 Å². The summed E-state index contributed by atoms with van der Waals surface area (Å²) < 4.78 is 0. The van der Waals surface area contributed by atoms with Crippen LogP contribution in [-0.2, 0) is 0 Å². The van der Waals surface area contributed by atoms with Gasteiger partial charge < -0.3 is 10.2 Å². The fourth-order valence-corrected chi connectivity index (χ4v) is 3.79. The predicted molar refractivity (Wildman–Crippen MR) is 69.7 cm³/mol. The average Bonchev–Trinajstić information content (AvgIpc) is 2.26. The molecule has 1 saturated carbocycles. The van der Waals surface area contributed by atoms with Gasteiger partial charge in [0.15, 0.2) is 0 Å². The highest BCUT2D eigenvalue weighted by atomic mass is 16.4. The number of aliphatic hydroxyl groups is 2. The smallest absolute Gasteiger partial charge is 0.100 e. The Morgan fingerprint density at radius 3 is 2.41 bits per heavy atom. The molecule has 0 aromatic carbocycles. The van der Waals surface area contributed by atoms with Gasteiger partial charge in [0.25, 0.3) is 0 Å². The first-order valence-corrected chi connectivity index (χ1v) is 6.81. The van der Waals surface area contributed by atoms with E-state index in [4.69, 9.17) is 0 Å². The van der Waals surface area contributed by atoms with Gasteiger partial charge in [-0.2, -0.15) is 0 Å². The lowest BCUT2D eigenvalue weighted by molar-refractivity contribution is -0.182. The van der Waals surface area contributed by atoms with E-state index < -0.39 is 11.2 Å². The van der Waals surface area contributed by atoms with Crippen molar-refractivity contribution in [2.45, 2.75) is 71.0 Å². The zero-order chi connectivity index (χ0) is 12.9. The summed E-state index contributed by atoms with van der Waals surface area (Å²) in [6.45, 7) is 8.39. The van der Waals surface area contributed by atoms with E-state index in [1.54, 1.807) is 0 Å². The summed E-state index contributed by atoms with van der Waals surface area (Å²) in [5.74, 6) is 0.0706. The molecule has 0 saturated heterocycles. The van der Waals surface area contributed by atoms with Crippen LogP contribution in [0, 0.1) is 11.3 Å². The van der Waals surface area contributed by atoms with Gasteiger partial charge in [-0.3, -0.25) is 0 Å². The Balaban J connectivity index is 2.50. The van der Waals surface area contributed by atoms with Crippen LogP contribution >= 0.6 is 0 Å². The molecule has 0 heterocycles. The molecule has 0 spiro atoms. The van der Waals surface area contributed by atoms with Crippen LogP contribution in [0.15, 0.2) is 11.6 Å². The van der Waals surface area contributed by atoms with Crippen molar-refractivity contribution in [2.75, 3.05) is 0 Å². The lowest BCUT2D eigenvalue weighted by atomic mass is 9.60. The molecule has 0 radical (unpaired) electrons. The first-order chi connectivity index (χ1) is 7.69. The summed E-state index contributed by atoms with van der Waals surface area (Å²) in [5, 5.41) is 21.7. The second kappa shape index (κ2) is 3.83. The van der Waals surface area contributed by atoms with E-state index in [-0.39, 0.29) is 11.3 Å². The topological polar surface area (TPSA) is 40.5 Å². The van der Waals surface area contributed by atoms with Crippen molar-refractivity contribution >= 4 is 0 Å². The van der Waals surface area contributed by atoms with Gasteiger partial charge in [0.2, 0.25) is 0 Å². The molecule has 0 unspecified atom stereocenters. The summed E-state index contributed by atoms with van der Waals surface area (Å²) in [7, 11) is 0. The lowest BCUT2D eigenvalue weighted by Crippen LogP contribution is -2.59. The van der Waals surface area contributed by atoms with Gasteiger partial charge in [0, 0.05) is 5.92 Å². The van der Waals surface area contributed by atoms with Gasteiger partial charge in [-0.25, -0.2) is 0 Å².